The summed E-state index contributed by atoms with van der Waals surface area (Å²) in [6.45, 7) is 4.67. The number of hydrogen-bond donors (Lipinski definition) is 3. The molecule has 0 fully saturated rings. The summed E-state index contributed by atoms with van der Waals surface area (Å²) in [4.78, 5) is 25.4. The normalized spacial score (nSPS) is 14.3. The lowest BCUT2D eigenvalue weighted by molar-refractivity contribution is -0.116. The quantitative estimate of drug-likeness (QED) is 0.351. The van der Waals surface area contributed by atoms with E-state index in [4.69, 9.17) is 9.47 Å². The molecule has 3 aromatic carbocycles. The van der Waals surface area contributed by atoms with Crippen LogP contribution in [-0.2, 0) is 17.0 Å². The first-order valence-corrected chi connectivity index (χ1v) is 13.4. The molecule has 0 aliphatic carbocycles. The zero-order valence-corrected chi connectivity index (χ0v) is 22.5. The van der Waals surface area contributed by atoms with Crippen molar-refractivity contribution in [1.29, 1.82) is 0 Å². The SMILES string of the molecule is COc1ccc(CCNC(=O)c2ccc3c(c2)NC(=O)[C@@H](CSCc2cc(C)ccc2C)N3)cc1OC. The van der Waals surface area contributed by atoms with Gasteiger partial charge < -0.3 is 25.4 Å². The standard InChI is InChI=1S/C29H33N3O4S/c1-18-5-6-19(2)22(13-18)16-37-17-25-29(34)32-24-15-21(8-9-23(24)31-25)28(33)30-12-11-20-7-10-26(35-3)27(14-20)36-4/h5-10,13-15,25,31H,11-12,16-17H2,1-4H3,(H,30,33)(H,32,34)/t25-/m1/s1. The Kier molecular flexibility index (Phi) is 8.61. The number of fused-ring (bicyclic) bond motifs is 1. The molecule has 0 radical (unpaired) electrons. The topological polar surface area (TPSA) is 88.7 Å². The molecule has 1 heterocycles. The number of hydrogen-bond acceptors (Lipinski definition) is 6. The Balaban J connectivity index is 1.30. The van der Waals surface area contributed by atoms with Gasteiger partial charge in [0.05, 0.1) is 25.6 Å². The van der Waals surface area contributed by atoms with Crippen molar-refractivity contribution in [2.24, 2.45) is 0 Å². The summed E-state index contributed by atoms with van der Waals surface area (Å²) < 4.78 is 10.6. The van der Waals surface area contributed by atoms with E-state index in [1.807, 2.05) is 24.3 Å². The molecular weight excluding hydrogens is 486 g/mol. The molecule has 37 heavy (non-hydrogen) atoms. The van der Waals surface area contributed by atoms with Crippen LogP contribution in [0.1, 0.15) is 32.6 Å². The predicted octanol–water partition coefficient (Wildman–Crippen LogP) is 4.96. The molecule has 0 spiro atoms. The molecule has 8 heteroatoms. The molecule has 0 saturated heterocycles. The van der Waals surface area contributed by atoms with Gasteiger partial charge in [-0.1, -0.05) is 29.8 Å². The van der Waals surface area contributed by atoms with Crippen molar-refractivity contribution in [3.63, 3.8) is 0 Å². The summed E-state index contributed by atoms with van der Waals surface area (Å²) in [6, 6.07) is 17.2. The van der Waals surface area contributed by atoms with E-state index >= 15 is 0 Å². The molecule has 0 aromatic heterocycles. The van der Waals surface area contributed by atoms with Crippen LogP contribution >= 0.6 is 11.8 Å². The number of amides is 2. The lowest BCUT2D eigenvalue weighted by Gasteiger charge is -2.27. The van der Waals surface area contributed by atoms with Gasteiger partial charge in [-0.25, -0.2) is 0 Å². The summed E-state index contributed by atoms with van der Waals surface area (Å²) in [5.41, 5.74) is 6.76. The van der Waals surface area contributed by atoms with Gasteiger partial charge in [-0.3, -0.25) is 9.59 Å². The number of aryl methyl sites for hydroxylation is 2. The molecule has 3 N–H and O–H groups in total. The fraction of sp³-hybridized carbons (Fsp3) is 0.310. The van der Waals surface area contributed by atoms with Crippen LogP contribution in [0.4, 0.5) is 11.4 Å². The Morgan fingerprint density at radius 3 is 2.57 bits per heavy atom. The Bertz CT molecular complexity index is 1290. The van der Waals surface area contributed by atoms with Crippen molar-refractivity contribution < 1.29 is 19.1 Å². The van der Waals surface area contributed by atoms with Crippen LogP contribution in [0.15, 0.2) is 54.6 Å². The van der Waals surface area contributed by atoms with E-state index in [2.05, 4.69) is 48.0 Å². The van der Waals surface area contributed by atoms with Crippen molar-refractivity contribution in [2.45, 2.75) is 32.1 Å². The van der Waals surface area contributed by atoms with Crippen molar-refractivity contribution in [1.82, 2.24) is 5.32 Å². The number of carbonyl (C=O) groups is 2. The average molecular weight is 520 g/mol. The van der Waals surface area contributed by atoms with Gasteiger partial charge >= 0.3 is 0 Å². The van der Waals surface area contributed by atoms with Crippen LogP contribution in [0, 0.1) is 13.8 Å². The van der Waals surface area contributed by atoms with E-state index in [0.29, 0.717) is 41.5 Å². The second kappa shape index (κ2) is 12.1. The lowest BCUT2D eigenvalue weighted by atomic mass is 10.1. The van der Waals surface area contributed by atoms with Crippen molar-refractivity contribution in [3.8, 4) is 11.5 Å². The molecule has 1 aliphatic rings. The molecule has 1 aliphatic heterocycles. The monoisotopic (exact) mass is 519 g/mol. The van der Waals surface area contributed by atoms with Crippen LogP contribution < -0.4 is 25.4 Å². The third kappa shape index (κ3) is 6.57. The van der Waals surface area contributed by atoms with Crippen LogP contribution in [0.3, 0.4) is 0 Å². The minimum absolute atomic E-state index is 0.0908. The van der Waals surface area contributed by atoms with E-state index < -0.39 is 0 Å². The van der Waals surface area contributed by atoms with E-state index in [-0.39, 0.29) is 17.9 Å². The lowest BCUT2D eigenvalue weighted by Crippen LogP contribution is -2.40. The number of carbonyl (C=O) groups excluding carboxylic acids is 2. The van der Waals surface area contributed by atoms with E-state index in [1.54, 1.807) is 38.1 Å². The van der Waals surface area contributed by atoms with Crippen LogP contribution in [0.2, 0.25) is 0 Å². The Morgan fingerprint density at radius 1 is 0.973 bits per heavy atom. The van der Waals surface area contributed by atoms with Gasteiger partial charge in [-0.2, -0.15) is 11.8 Å². The fourth-order valence-corrected chi connectivity index (χ4v) is 5.33. The Labute approximate surface area is 222 Å². The second-order valence-electron chi connectivity index (χ2n) is 9.09. The first-order chi connectivity index (χ1) is 17.9. The predicted molar refractivity (Wildman–Crippen MR) is 150 cm³/mol. The van der Waals surface area contributed by atoms with Gasteiger partial charge in [0.1, 0.15) is 6.04 Å². The number of methoxy groups -OCH3 is 2. The third-order valence-corrected chi connectivity index (χ3v) is 7.46. The molecule has 3 aromatic rings. The molecule has 0 saturated carbocycles. The average Bonchev–Trinajstić information content (AvgIpc) is 2.90. The fourth-order valence-electron chi connectivity index (χ4n) is 4.21. The minimum Gasteiger partial charge on any atom is -0.493 e. The third-order valence-electron chi connectivity index (χ3n) is 6.38. The summed E-state index contributed by atoms with van der Waals surface area (Å²) in [5.74, 6) is 2.55. The highest BCUT2D eigenvalue weighted by atomic mass is 32.2. The van der Waals surface area contributed by atoms with Gasteiger partial charge in [0.25, 0.3) is 5.91 Å². The zero-order valence-electron chi connectivity index (χ0n) is 21.6. The number of rotatable bonds is 10. The number of ether oxygens (including phenoxy) is 2. The highest BCUT2D eigenvalue weighted by molar-refractivity contribution is 7.98. The number of thioether (sulfide) groups is 1. The van der Waals surface area contributed by atoms with E-state index in [0.717, 1.165) is 17.0 Å². The molecule has 2 amide bonds. The van der Waals surface area contributed by atoms with Crippen molar-refractivity contribution in [3.05, 3.63) is 82.4 Å². The van der Waals surface area contributed by atoms with Crippen molar-refractivity contribution in [2.75, 3.05) is 37.2 Å². The maximum absolute atomic E-state index is 12.7. The maximum Gasteiger partial charge on any atom is 0.251 e. The molecule has 4 rings (SSSR count). The molecule has 194 valence electrons. The summed E-state index contributed by atoms with van der Waals surface area (Å²) in [5, 5.41) is 9.23. The van der Waals surface area contributed by atoms with Crippen LogP contribution in [0.5, 0.6) is 11.5 Å². The van der Waals surface area contributed by atoms with Crippen molar-refractivity contribution >= 4 is 35.0 Å². The second-order valence-corrected chi connectivity index (χ2v) is 10.1. The highest BCUT2D eigenvalue weighted by Crippen LogP contribution is 2.30. The maximum atomic E-state index is 12.7. The number of anilines is 2. The van der Waals surface area contributed by atoms with Gasteiger partial charge in [0, 0.05) is 23.6 Å². The van der Waals surface area contributed by atoms with Gasteiger partial charge in [-0.05, 0) is 67.3 Å². The highest BCUT2D eigenvalue weighted by Gasteiger charge is 2.26. The van der Waals surface area contributed by atoms with Crippen LogP contribution in [-0.4, -0.2) is 44.4 Å². The molecule has 1 atom stereocenters. The zero-order chi connectivity index (χ0) is 26.4. The van der Waals surface area contributed by atoms with Gasteiger partial charge in [0.15, 0.2) is 11.5 Å². The largest absolute Gasteiger partial charge is 0.493 e. The first-order valence-electron chi connectivity index (χ1n) is 12.2. The van der Waals surface area contributed by atoms with Gasteiger partial charge in [-0.15, -0.1) is 0 Å². The summed E-state index contributed by atoms with van der Waals surface area (Å²) in [6.07, 6.45) is 0.650. The number of nitrogens with one attached hydrogen (secondary N) is 3. The van der Waals surface area contributed by atoms with E-state index in [1.165, 1.54) is 16.7 Å². The van der Waals surface area contributed by atoms with Gasteiger partial charge in [0.2, 0.25) is 5.91 Å². The Hall–Kier alpha value is -3.65. The molecule has 7 nitrogen and oxygen atoms in total. The smallest absolute Gasteiger partial charge is 0.251 e. The molecule has 0 unspecified atom stereocenters. The van der Waals surface area contributed by atoms with E-state index in [9.17, 15) is 9.59 Å². The Morgan fingerprint density at radius 2 is 1.78 bits per heavy atom. The molecular formula is C29H33N3O4S. The summed E-state index contributed by atoms with van der Waals surface area (Å²) >= 11 is 1.73. The molecule has 0 bridgehead atoms. The minimum atomic E-state index is -0.330. The summed E-state index contributed by atoms with van der Waals surface area (Å²) in [7, 11) is 3.20. The van der Waals surface area contributed by atoms with Crippen LogP contribution in [0.25, 0.3) is 0 Å². The number of benzene rings is 3. The first kappa shape index (κ1) is 26.4.